The molecule has 1 amide bonds. The van der Waals surface area contributed by atoms with E-state index >= 15 is 0 Å². The normalized spacial score (nSPS) is 17.9. The lowest BCUT2D eigenvalue weighted by Gasteiger charge is -2.42. The van der Waals surface area contributed by atoms with Gasteiger partial charge in [-0.2, -0.15) is 0 Å². The Kier molecular flexibility index (Phi) is 5.56. The number of hydrogen-bond acceptors (Lipinski definition) is 5. The fourth-order valence-electron chi connectivity index (χ4n) is 4.72. The van der Waals surface area contributed by atoms with E-state index in [4.69, 9.17) is 5.14 Å². The van der Waals surface area contributed by atoms with Crippen LogP contribution >= 0.6 is 0 Å². The van der Waals surface area contributed by atoms with Gasteiger partial charge in [0.25, 0.3) is 0 Å². The van der Waals surface area contributed by atoms with Gasteiger partial charge in [-0.05, 0) is 54.8 Å². The van der Waals surface area contributed by atoms with Crippen LogP contribution in [0.4, 0.5) is 24.5 Å². The molecule has 0 spiro atoms. The predicted octanol–water partition coefficient (Wildman–Crippen LogP) is 3.23. The zero-order valence-electron chi connectivity index (χ0n) is 18.6. The van der Waals surface area contributed by atoms with Gasteiger partial charge >= 0.3 is 0 Å². The summed E-state index contributed by atoms with van der Waals surface area (Å²) in [5, 5.41) is 5.12. The second-order valence-electron chi connectivity index (χ2n) is 8.84. The first-order valence-corrected chi connectivity index (χ1v) is 12.4. The number of anilines is 2. The molecule has 3 aromatic rings. The van der Waals surface area contributed by atoms with Crippen molar-refractivity contribution in [1.29, 1.82) is 0 Å². The van der Waals surface area contributed by atoms with Crippen molar-refractivity contribution in [3.05, 3.63) is 71.8 Å². The highest BCUT2D eigenvalue weighted by atomic mass is 32.2. The maximum absolute atomic E-state index is 14.8. The number of sulfonamides is 1. The molecule has 182 valence electrons. The van der Waals surface area contributed by atoms with Gasteiger partial charge in [0.15, 0.2) is 0 Å². The number of halogens is 3. The van der Waals surface area contributed by atoms with E-state index < -0.39 is 38.3 Å². The number of rotatable bonds is 4. The van der Waals surface area contributed by atoms with Crippen molar-refractivity contribution in [1.82, 2.24) is 4.98 Å². The van der Waals surface area contributed by atoms with E-state index in [1.165, 1.54) is 35.5 Å². The number of benzene rings is 2. The number of fused-ring (bicyclic) bond motifs is 1. The molecule has 2 aromatic carbocycles. The van der Waals surface area contributed by atoms with Crippen LogP contribution in [0.2, 0.25) is 0 Å². The fraction of sp³-hybridized carbons (Fsp3) is 0.250. The average molecular weight is 503 g/mol. The minimum absolute atomic E-state index is 0.187. The number of carbonyl (C=O) groups excluding carboxylic acids is 1. The first-order valence-electron chi connectivity index (χ1n) is 10.9. The monoisotopic (exact) mass is 502 g/mol. The summed E-state index contributed by atoms with van der Waals surface area (Å²) in [6, 6.07) is 7.47. The number of hydrogen-bond donors (Lipinski definition) is 1. The molecule has 2 N–H and O–H groups in total. The summed E-state index contributed by atoms with van der Waals surface area (Å²) in [5.41, 5.74) is 1.67. The second-order valence-corrected chi connectivity index (χ2v) is 10.4. The minimum atomic E-state index is -4.30. The van der Waals surface area contributed by atoms with Crippen LogP contribution in [0, 0.1) is 23.4 Å². The summed E-state index contributed by atoms with van der Waals surface area (Å²) < 4.78 is 66.6. The molecule has 0 radical (unpaired) electrons. The summed E-state index contributed by atoms with van der Waals surface area (Å²) in [5.74, 6) is -2.72. The zero-order valence-corrected chi connectivity index (χ0v) is 19.4. The van der Waals surface area contributed by atoms with Crippen LogP contribution in [0.5, 0.6) is 0 Å². The molecule has 1 aromatic heterocycles. The van der Waals surface area contributed by atoms with E-state index in [1.54, 1.807) is 17.9 Å². The highest BCUT2D eigenvalue weighted by Crippen LogP contribution is 2.38. The molecule has 3 heterocycles. The van der Waals surface area contributed by atoms with Gasteiger partial charge in [-0.25, -0.2) is 26.7 Å². The summed E-state index contributed by atoms with van der Waals surface area (Å²) in [6.45, 7) is 2.29. The molecule has 5 rings (SSSR count). The molecule has 2 aliphatic rings. The first-order chi connectivity index (χ1) is 16.5. The molecule has 11 heteroatoms. The zero-order chi connectivity index (χ0) is 25.1. The Balaban J connectivity index is 1.34. The lowest BCUT2D eigenvalue weighted by Crippen LogP contribution is -2.56. The minimum Gasteiger partial charge on any atom is -0.367 e. The molecule has 0 saturated carbocycles. The molecule has 2 aliphatic heterocycles. The third-order valence-corrected chi connectivity index (χ3v) is 7.42. The molecule has 7 nitrogen and oxygen atoms in total. The predicted molar refractivity (Wildman–Crippen MR) is 124 cm³/mol. The van der Waals surface area contributed by atoms with Gasteiger partial charge in [0.05, 0.1) is 11.6 Å². The average Bonchev–Trinajstić information content (AvgIpc) is 3.07. The van der Waals surface area contributed by atoms with Crippen LogP contribution in [0.1, 0.15) is 12.5 Å². The Bertz CT molecular complexity index is 1460. The van der Waals surface area contributed by atoms with E-state index in [0.717, 1.165) is 12.1 Å². The molecular weight excluding hydrogens is 481 g/mol. The number of aromatic nitrogens is 1. The van der Waals surface area contributed by atoms with Crippen molar-refractivity contribution >= 4 is 27.3 Å². The van der Waals surface area contributed by atoms with Gasteiger partial charge in [0.2, 0.25) is 15.9 Å². The van der Waals surface area contributed by atoms with Crippen molar-refractivity contribution in [2.24, 2.45) is 11.1 Å². The van der Waals surface area contributed by atoms with Crippen LogP contribution in [-0.2, 0) is 21.2 Å². The van der Waals surface area contributed by atoms with Gasteiger partial charge in [0.1, 0.15) is 22.3 Å². The van der Waals surface area contributed by atoms with Gasteiger partial charge in [-0.3, -0.25) is 9.78 Å². The summed E-state index contributed by atoms with van der Waals surface area (Å²) in [6.07, 6.45) is 3.01. The van der Waals surface area contributed by atoms with Crippen LogP contribution in [0.3, 0.4) is 0 Å². The maximum Gasteiger partial charge on any atom is 0.241 e. The van der Waals surface area contributed by atoms with Gasteiger partial charge < -0.3 is 9.80 Å². The van der Waals surface area contributed by atoms with Gasteiger partial charge in [0, 0.05) is 42.8 Å². The van der Waals surface area contributed by atoms with Crippen molar-refractivity contribution in [2.75, 3.05) is 22.9 Å². The molecule has 0 aliphatic carbocycles. The number of nitrogens with zero attached hydrogens (tertiary/aromatic N) is 3. The van der Waals surface area contributed by atoms with Crippen LogP contribution in [-0.4, -0.2) is 38.4 Å². The molecule has 0 bridgehead atoms. The Morgan fingerprint density at radius 2 is 1.77 bits per heavy atom. The standard InChI is InChI=1S/C24H21F3N4O3S/c1-13-6-15-8-20(27)23(35(28,33)34)9-22(15)31(13)24(32)16-11-30(12-16)21-3-2-14(7-19(21)26)17-10-29-5-4-18(17)25/h2-5,7-10,13,16H,6,11-12H2,1H3,(H2,28,33,34). The number of primary sulfonamides is 1. The van der Waals surface area contributed by atoms with Crippen LogP contribution in [0.25, 0.3) is 11.1 Å². The Labute approximate surface area is 200 Å². The van der Waals surface area contributed by atoms with E-state index in [0.29, 0.717) is 23.2 Å². The molecule has 1 fully saturated rings. The molecule has 35 heavy (non-hydrogen) atoms. The topological polar surface area (TPSA) is 96.6 Å². The van der Waals surface area contributed by atoms with E-state index in [9.17, 15) is 26.4 Å². The summed E-state index contributed by atoms with van der Waals surface area (Å²) >= 11 is 0. The third-order valence-electron chi connectivity index (χ3n) is 6.49. The van der Waals surface area contributed by atoms with Crippen LogP contribution < -0.4 is 14.9 Å². The molecule has 1 unspecified atom stereocenters. The number of nitrogens with two attached hydrogens (primary N) is 1. The summed E-state index contributed by atoms with van der Waals surface area (Å²) in [4.78, 5) is 19.6. The number of amides is 1. The molecule has 1 atom stereocenters. The second kappa shape index (κ2) is 8.35. The lowest BCUT2D eigenvalue weighted by molar-refractivity contribution is -0.123. The highest BCUT2D eigenvalue weighted by Gasteiger charge is 2.41. The number of carbonyl (C=O) groups is 1. The maximum atomic E-state index is 14.8. The van der Waals surface area contributed by atoms with Crippen molar-refractivity contribution in [2.45, 2.75) is 24.3 Å². The van der Waals surface area contributed by atoms with E-state index in [2.05, 4.69) is 4.98 Å². The van der Waals surface area contributed by atoms with Crippen LogP contribution in [0.15, 0.2) is 53.7 Å². The Morgan fingerprint density at radius 1 is 1.03 bits per heavy atom. The largest absolute Gasteiger partial charge is 0.367 e. The molecule has 1 saturated heterocycles. The quantitative estimate of drug-likeness (QED) is 0.591. The first kappa shape index (κ1) is 23.3. The fourth-order valence-corrected chi connectivity index (χ4v) is 5.33. The smallest absolute Gasteiger partial charge is 0.241 e. The van der Waals surface area contributed by atoms with Crippen molar-refractivity contribution in [3.8, 4) is 11.1 Å². The lowest BCUT2D eigenvalue weighted by atomic mass is 9.96. The van der Waals surface area contributed by atoms with E-state index in [-0.39, 0.29) is 36.3 Å². The van der Waals surface area contributed by atoms with E-state index in [1.807, 2.05) is 0 Å². The summed E-state index contributed by atoms with van der Waals surface area (Å²) in [7, 11) is -4.30. The highest BCUT2D eigenvalue weighted by molar-refractivity contribution is 7.89. The van der Waals surface area contributed by atoms with Gasteiger partial charge in [-0.1, -0.05) is 6.07 Å². The third kappa shape index (κ3) is 4.04. The number of pyridine rings is 1. The van der Waals surface area contributed by atoms with Crippen molar-refractivity contribution in [3.63, 3.8) is 0 Å². The Morgan fingerprint density at radius 3 is 2.43 bits per heavy atom. The van der Waals surface area contributed by atoms with Gasteiger partial charge in [-0.15, -0.1) is 0 Å². The molecular formula is C24H21F3N4O3S. The SMILES string of the molecule is CC1Cc2cc(F)c(S(N)(=O)=O)cc2N1C(=O)C1CN(c2ccc(-c3cnccc3F)cc2F)C1. The van der Waals surface area contributed by atoms with Crippen molar-refractivity contribution < 1.29 is 26.4 Å². The Hall–Kier alpha value is -3.44.